The van der Waals surface area contributed by atoms with E-state index in [9.17, 15) is 0 Å². The van der Waals surface area contributed by atoms with Gasteiger partial charge in [0.1, 0.15) is 6.33 Å². The van der Waals surface area contributed by atoms with Gasteiger partial charge in [0.2, 0.25) is 0 Å². The second-order valence-electron chi connectivity index (χ2n) is 3.72. The van der Waals surface area contributed by atoms with Crippen LogP contribution in [-0.4, -0.2) is 9.97 Å². The van der Waals surface area contributed by atoms with Crippen molar-refractivity contribution in [1.29, 1.82) is 0 Å². The van der Waals surface area contributed by atoms with Gasteiger partial charge in [-0.1, -0.05) is 54.1 Å². The zero-order valence-corrected chi connectivity index (χ0v) is 9.72. The molecule has 0 amide bonds. The Morgan fingerprint density at radius 3 is 2.47 bits per heavy atom. The maximum Gasteiger partial charge on any atom is 0.116 e. The predicted molar refractivity (Wildman–Crippen MR) is 70.0 cm³/mol. The first kappa shape index (κ1) is 10.2. The smallest absolute Gasteiger partial charge is 0.116 e. The number of para-hydroxylation sites is 1. The van der Waals surface area contributed by atoms with Gasteiger partial charge >= 0.3 is 0 Å². The van der Waals surface area contributed by atoms with Gasteiger partial charge in [-0.15, -0.1) is 0 Å². The van der Waals surface area contributed by atoms with Crippen molar-refractivity contribution < 1.29 is 0 Å². The second-order valence-corrected chi connectivity index (χ2v) is 4.13. The zero-order valence-electron chi connectivity index (χ0n) is 8.97. The molecular formula is C14H9ClN2. The second kappa shape index (κ2) is 4.15. The SMILES string of the molecule is Clc1cccc2c(-c3ccccc3)ncnc12. The van der Waals surface area contributed by atoms with Crippen LogP contribution in [0.1, 0.15) is 0 Å². The van der Waals surface area contributed by atoms with Crippen molar-refractivity contribution in [1.82, 2.24) is 9.97 Å². The topological polar surface area (TPSA) is 25.8 Å². The van der Waals surface area contributed by atoms with E-state index in [2.05, 4.69) is 9.97 Å². The molecule has 2 nitrogen and oxygen atoms in total. The van der Waals surface area contributed by atoms with Crippen LogP contribution in [0.4, 0.5) is 0 Å². The minimum Gasteiger partial charge on any atom is -0.236 e. The Kier molecular flexibility index (Phi) is 2.50. The van der Waals surface area contributed by atoms with Gasteiger partial charge in [-0.05, 0) is 6.07 Å². The average Bonchev–Trinajstić information content (AvgIpc) is 2.40. The molecule has 3 rings (SSSR count). The van der Waals surface area contributed by atoms with E-state index in [4.69, 9.17) is 11.6 Å². The summed E-state index contributed by atoms with van der Waals surface area (Å²) >= 11 is 6.13. The van der Waals surface area contributed by atoms with E-state index in [1.165, 1.54) is 0 Å². The van der Waals surface area contributed by atoms with Gasteiger partial charge in [-0.3, -0.25) is 0 Å². The highest BCUT2D eigenvalue weighted by Crippen LogP contribution is 2.28. The Labute approximate surface area is 104 Å². The fourth-order valence-electron chi connectivity index (χ4n) is 1.88. The molecule has 82 valence electrons. The third kappa shape index (κ3) is 1.77. The molecule has 3 heteroatoms. The van der Waals surface area contributed by atoms with Crippen molar-refractivity contribution >= 4 is 22.5 Å². The monoisotopic (exact) mass is 240 g/mol. The van der Waals surface area contributed by atoms with Gasteiger partial charge in [-0.25, -0.2) is 9.97 Å². The summed E-state index contributed by atoms with van der Waals surface area (Å²) in [6.07, 6.45) is 1.55. The summed E-state index contributed by atoms with van der Waals surface area (Å²) in [6, 6.07) is 15.8. The minimum atomic E-state index is 0.655. The molecule has 0 atom stereocenters. The van der Waals surface area contributed by atoms with Gasteiger partial charge in [0, 0.05) is 10.9 Å². The van der Waals surface area contributed by atoms with Crippen LogP contribution in [-0.2, 0) is 0 Å². The summed E-state index contributed by atoms with van der Waals surface area (Å²) < 4.78 is 0. The minimum absolute atomic E-state index is 0.655. The van der Waals surface area contributed by atoms with Crippen LogP contribution in [0.3, 0.4) is 0 Å². The van der Waals surface area contributed by atoms with Gasteiger partial charge < -0.3 is 0 Å². The molecule has 0 saturated carbocycles. The maximum absolute atomic E-state index is 6.13. The van der Waals surface area contributed by atoms with Crippen molar-refractivity contribution in [2.45, 2.75) is 0 Å². The molecule has 0 fully saturated rings. The largest absolute Gasteiger partial charge is 0.236 e. The number of benzene rings is 2. The summed E-state index contributed by atoms with van der Waals surface area (Å²) in [6.45, 7) is 0. The Morgan fingerprint density at radius 1 is 0.824 bits per heavy atom. The molecule has 3 aromatic rings. The lowest BCUT2D eigenvalue weighted by molar-refractivity contribution is 1.22. The molecular weight excluding hydrogens is 232 g/mol. The Balaban J connectivity index is 2.35. The summed E-state index contributed by atoms with van der Waals surface area (Å²) in [5.41, 5.74) is 2.78. The van der Waals surface area contributed by atoms with Gasteiger partial charge in [0.25, 0.3) is 0 Å². The highest BCUT2D eigenvalue weighted by Gasteiger charge is 2.07. The molecule has 2 aromatic carbocycles. The van der Waals surface area contributed by atoms with Crippen LogP contribution in [0.25, 0.3) is 22.2 Å². The average molecular weight is 241 g/mol. The number of rotatable bonds is 1. The van der Waals surface area contributed by atoms with E-state index in [1.54, 1.807) is 6.33 Å². The fourth-order valence-corrected chi connectivity index (χ4v) is 2.10. The van der Waals surface area contributed by atoms with Crippen molar-refractivity contribution in [2.24, 2.45) is 0 Å². The molecule has 17 heavy (non-hydrogen) atoms. The quantitative estimate of drug-likeness (QED) is 0.644. The van der Waals surface area contributed by atoms with E-state index < -0.39 is 0 Å². The van der Waals surface area contributed by atoms with Gasteiger partial charge in [0.05, 0.1) is 16.2 Å². The first-order valence-electron chi connectivity index (χ1n) is 5.31. The molecule has 1 aromatic heterocycles. The molecule has 0 spiro atoms. The normalized spacial score (nSPS) is 10.6. The van der Waals surface area contributed by atoms with Crippen LogP contribution in [0.2, 0.25) is 5.02 Å². The Morgan fingerprint density at radius 2 is 1.65 bits per heavy atom. The van der Waals surface area contributed by atoms with E-state index in [1.807, 2.05) is 48.5 Å². The number of hydrogen-bond donors (Lipinski definition) is 0. The maximum atomic E-state index is 6.13. The standard InChI is InChI=1S/C14H9ClN2/c15-12-8-4-7-11-13(16-9-17-14(11)12)10-5-2-1-3-6-10/h1-9H. The molecule has 0 bridgehead atoms. The molecule has 0 aliphatic rings. The summed E-state index contributed by atoms with van der Waals surface area (Å²) in [5, 5.41) is 1.63. The molecule has 0 aliphatic carbocycles. The predicted octanol–water partition coefficient (Wildman–Crippen LogP) is 3.95. The summed E-state index contributed by atoms with van der Waals surface area (Å²) in [7, 11) is 0. The number of aromatic nitrogens is 2. The molecule has 1 heterocycles. The molecule has 0 saturated heterocycles. The van der Waals surface area contributed by atoms with Crippen LogP contribution in [0, 0.1) is 0 Å². The third-order valence-electron chi connectivity index (χ3n) is 2.66. The van der Waals surface area contributed by atoms with Gasteiger partial charge in [0.15, 0.2) is 0 Å². The van der Waals surface area contributed by atoms with Crippen molar-refractivity contribution in [3.63, 3.8) is 0 Å². The molecule has 0 aliphatic heterocycles. The lowest BCUT2D eigenvalue weighted by Gasteiger charge is -2.05. The highest BCUT2D eigenvalue weighted by atomic mass is 35.5. The van der Waals surface area contributed by atoms with Crippen molar-refractivity contribution in [3.05, 3.63) is 59.9 Å². The van der Waals surface area contributed by atoms with Crippen molar-refractivity contribution in [3.8, 4) is 11.3 Å². The van der Waals surface area contributed by atoms with Crippen LogP contribution < -0.4 is 0 Å². The lowest BCUT2D eigenvalue weighted by Crippen LogP contribution is -1.89. The van der Waals surface area contributed by atoms with E-state index >= 15 is 0 Å². The van der Waals surface area contributed by atoms with Gasteiger partial charge in [-0.2, -0.15) is 0 Å². The van der Waals surface area contributed by atoms with E-state index in [-0.39, 0.29) is 0 Å². The lowest BCUT2D eigenvalue weighted by atomic mass is 10.1. The van der Waals surface area contributed by atoms with Crippen LogP contribution >= 0.6 is 11.6 Å². The van der Waals surface area contributed by atoms with Crippen LogP contribution in [0.5, 0.6) is 0 Å². The molecule has 0 radical (unpaired) electrons. The van der Waals surface area contributed by atoms with Crippen LogP contribution in [0.15, 0.2) is 54.9 Å². The van der Waals surface area contributed by atoms with Crippen molar-refractivity contribution in [2.75, 3.05) is 0 Å². The summed E-state index contributed by atoms with van der Waals surface area (Å²) in [4.78, 5) is 8.57. The zero-order chi connectivity index (χ0) is 11.7. The molecule has 0 unspecified atom stereocenters. The van der Waals surface area contributed by atoms with E-state index in [0.717, 1.165) is 22.2 Å². The summed E-state index contributed by atoms with van der Waals surface area (Å²) in [5.74, 6) is 0. The Hall–Kier alpha value is -1.93. The number of fused-ring (bicyclic) bond motifs is 1. The third-order valence-corrected chi connectivity index (χ3v) is 2.97. The first-order chi connectivity index (χ1) is 8.36. The highest BCUT2D eigenvalue weighted by molar-refractivity contribution is 6.35. The Bertz CT molecular complexity index is 665. The first-order valence-corrected chi connectivity index (χ1v) is 5.69. The molecule has 0 N–H and O–H groups in total. The fraction of sp³-hybridized carbons (Fsp3) is 0. The van der Waals surface area contributed by atoms with E-state index in [0.29, 0.717) is 5.02 Å². The number of nitrogens with zero attached hydrogens (tertiary/aromatic N) is 2. The number of hydrogen-bond acceptors (Lipinski definition) is 2. The number of halogens is 1.